The fraction of sp³-hybridized carbons (Fsp3) is 0.269. The zero-order chi connectivity index (χ0) is 22.4. The topological polar surface area (TPSA) is 77.0 Å². The largest absolute Gasteiger partial charge is 0.445 e. The summed E-state index contributed by atoms with van der Waals surface area (Å²) in [6, 6.07) is 28.1. The van der Waals surface area contributed by atoms with E-state index in [0.717, 1.165) is 16.7 Å². The molecule has 6 nitrogen and oxygen atoms in total. The van der Waals surface area contributed by atoms with E-state index in [1.54, 1.807) is 0 Å². The highest BCUT2D eigenvalue weighted by atomic mass is 16.5. The van der Waals surface area contributed by atoms with Gasteiger partial charge in [0.05, 0.1) is 38.6 Å². The van der Waals surface area contributed by atoms with E-state index in [0.29, 0.717) is 13.2 Å². The molecule has 0 fully saturated rings. The van der Waals surface area contributed by atoms with Crippen LogP contribution in [-0.2, 0) is 34.0 Å². The van der Waals surface area contributed by atoms with Gasteiger partial charge in [-0.15, -0.1) is 0 Å². The van der Waals surface area contributed by atoms with Gasteiger partial charge in [0.1, 0.15) is 6.61 Å². The Labute approximate surface area is 188 Å². The zero-order valence-corrected chi connectivity index (χ0v) is 17.9. The second kappa shape index (κ2) is 13.3. The summed E-state index contributed by atoms with van der Waals surface area (Å²) in [6.07, 6.45) is -1.58. The number of hydrogen-bond acceptors (Lipinski definition) is 5. The predicted molar refractivity (Wildman–Crippen MR) is 122 cm³/mol. The molecule has 0 radical (unpaired) electrons. The van der Waals surface area contributed by atoms with Gasteiger partial charge >= 0.3 is 6.09 Å². The molecule has 2 unspecified atom stereocenters. The van der Waals surface area contributed by atoms with Gasteiger partial charge in [-0.2, -0.15) is 0 Å². The fourth-order valence-corrected chi connectivity index (χ4v) is 3.03. The van der Waals surface area contributed by atoms with Crippen LogP contribution in [0.15, 0.2) is 91.0 Å². The van der Waals surface area contributed by atoms with Crippen LogP contribution in [-0.4, -0.2) is 36.6 Å². The van der Waals surface area contributed by atoms with Gasteiger partial charge in [-0.25, -0.2) is 4.79 Å². The SMILES string of the molecule is O=C(NC(COCc1ccccc1)C(O)COCc1ccccc1)OCc1ccccc1. The van der Waals surface area contributed by atoms with Crippen molar-refractivity contribution >= 4 is 6.09 Å². The van der Waals surface area contributed by atoms with Gasteiger partial charge in [-0.3, -0.25) is 0 Å². The lowest BCUT2D eigenvalue weighted by atomic mass is 10.2. The predicted octanol–water partition coefficient (Wildman–Crippen LogP) is 4.08. The molecule has 0 heterocycles. The lowest BCUT2D eigenvalue weighted by molar-refractivity contribution is -0.0165. The average Bonchev–Trinajstić information content (AvgIpc) is 2.84. The van der Waals surface area contributed by atoms with Crippen LogP contribution in [0.25, 0.3) is 0 Å². The number of aliphatic hydroxyl groups is 1. The van der Waals surface area contributed by atoms with Gasteiger partial charge in [0.25, 0.3) is 0 Å². The number of rotatable bonds is 12. The third-order valence-corrected chi connectivity index (χ3v) is 4.79. The van der Waals surface area contributed by atoms with E-state index in [-0.39, 0.29) is 19.8 Å². The maximum atomic E-state index is 12.3. The van der Waals surface area contributed by atoms with E-state index >= 15 is 0 Å². The lowest BCUT2D eigenvalue weighted by Gasteiger charge is -2.24. The van der Waals surface area contributed by atoms with E-state index in [9.17, 15) is 9.90 Å². The van der Waals surface area contributed by atoms with Crippen LogP contribution >= 0.6 is 0 Å². The number of ether oxygens (including phenoxy) is 3. The molecule has 0 aliphatic rings. The first kappa shape index (κ1) is 23.5. The highest BCUT2D eigenvalue weighted by Gasteiger charge is 2.23. The van der Waals surface area contributed by atoms with Crippen LogP contribution in [0.4, 0.5) is 4.79 Å². The molecule has 0 bridgehead atoms. The van der Waals surface area contributed by atoms with Crippen molar-refractivity contribution in [3.63, 3.8) is 0 Å². The van der Waals surface area contributed by atoms with Crippen LogP contribution in [0.2, 0.25) is 0 Å². The number of carbonyl (C=O) groups is 1. The Kier molecular flexibility index (Phi) is 9.73. The second-order valence-electron chi connectivity index (χ2n) is 7.38. The molecular formula is C26H29NO5. The second-order valence-corrected chi connectivity index (χ2v) is 7.38. The zero-order valence-electron chi connectivity index (χ0n) is 17.9. The van der Waals surface area contributed by atoms with E-state index in [2.05, 4.69) is 5.32 Å². The summed E-state index contributed by atoms with van der Waals surface area (Å²) in [5.74, 6) is 0. The van der Waals surface area contributed by atoms with Crippen molar-refractivity contribution < 1.29 is 24.1 Å². The molecule has 1 amide bonds. The van der Waals surface area contributed by atoms with Crippen LogP contribution in [0, 0.1) is 0 Å². The Morgan fingerprint density at radius 3 is 1.62 bits per heavy atom. The molecule has 32 heavy (non-hydrogen) atoms. The van der Waals surface area contributed by atoms with Gasteiger partial charge in [0.15, 0.2) is 0 Å². The van der Waals surface area contributed by atoms with Gasteiger partial charge < -0.3 is 24.6 Å². The van der Waals surface area contributed by atoms with Crippen LogP contribution in [0.3, 0.4) is 0 Å². The van der Waals surface area contributed by atoms with Gasteiger partial charge in [-0.1, -0.05) is 91.0 Å². The number of alkyl carbamates (subject to hydrolysis) is 1. The number of nitrogens with one attached hydrogen (secondary N) is 1. The monoisotopic (exact) mass is 435 g/mol. The average molecular weight is 436 g/mol. The fourth-order valence-electron chi connectivity index (χ4n) is 3.03. The molecule has 0 aliphatic carbocycles. The summed E-state index contributed by atoms with van der Waals surface area (Å²) in [4.78, 5) is 12.3. The summed E-state index contributed by atoms with van der Waals surface area (Å²) in [5.41, 5.74) is 2.89. The van der Waals surface area contributed by atoms with Gasteiger partial charge in [0, 0.05) is 0 Å². The highest BCUT2D eigenvalue weighted by molar-refractivity contribution is 5.67. The van der Waals surface area contributed by atoms with Gasteiger partial charge in [0.2, 0.25) is 0 Å². The molecule has 0 aromatic heterocycles. The smallest absolute Gasteiger partial charge is 0.407 e. The molecule has 2 atom stereocenters. The summed E-state index contributed by atoms with van der Waals surface area (Å²) < 4.78 is 16.7. The third-order valence-electron chi connectivity index (χ3n) is 4.79. The Morgan fingerprint density at radius 2 is 1.12 bits per heavy atom. The maximum Gasteiger partial charge on any atom is 0.407 e. The van der Waals surface area contributed by atoms with E-state index in [1.807, 2.05) is 91.0 Å². The lowest BCUT2D eigenvalue weighted by Crippen LogP contribution is -2.48. The summed E-state index contributed by atoms with van der Waals surface area (Å²) in [7, 11) is 0. The van der Waals surface area contributed by atoms with E-state index in [1.165, 1.54) is 0 Å². The van der Waals surface area contributed by atoms with Crippen molar-refractivity contribution in [2.75, 3.05) is 13.2 Å². The van der Waals surface area contributed by atoms with Crippen LogP contribution < -0.4 is 5.32 Å². The Hall–Kier alpha value is -3.19. The van der Waals surface area contributed by atoms with Crippen molar-refractivity contribution in [2.24, 2.45) is 0 Å². The number of carbonyl (C=O) groups excluding carboxylic acids is 1. The third kappa shape index (κ3) is 8.51. The standard InChI is InChI=1S/C26H29NO5/c28-25(20-31-17-22-12-6-2-7-13-22)24(19-30-16-21-10-4-1-5-11-21)27-26(29)32-18-23-14-8-3-9-15-23/h1-15,24-25,28H,16-20H2,(H,27,29). The molecule has 6 heteroatoms. The molecule has 3 aromatic rings. The molecule has 0 saturated heterocycles. The molecule has 3 rings (SSSR count). The first-order valence-corrected chi connectivity index (χ1v) is 10.6. The normalized spacial score (nSPS) is 12.7. The van der Waals surface area contributed by atoms with Crippen molar-refractivity contribution in [1.29, 1.82) is 0 Å². The first-order chi connectivity index (χ1) is 15.7. The van der Waals surface area contributed by atoms with Crippen molar-refractivity contribution in [3.8, 4) is 0 Å². The number of amides is 1. The molecular weight excluding hydrogens is 406 g/mol. The summed E-state index contributed by atoms with van der Waals surface area (Å²) in [6.45, 7) is 1.05. The number of benzene rings is 3. The van der Waals surface area contributed by atoms with Crippen molar-refractivity contribution in [3.05, 3.63) is 108 Å². The number of hydrogen-bond donors (Lipinski definition) is 2. The molecule has 0 saturated carbocycles. The minimum absolute atomic E-state index is 0.0488. The summed E-state index contributed by atoms with van der Waals surface area (Å²) in [5, 5.41) is 13.3. The van der Waals surface area contributed by atoms with Crippen molar-refractivity contribution in [1.82, 2.24) is 5.32 Å². The minimum atomic E-state index is -0.959. The minimum Gasteiger partial charge on any atom is -0.445 e. The Bertz CT molecular complexity index is 905. The number of aliphatic hydroxyl groups excluding tert-OH is 1. The van der Waals surface area contributed by atoms with Crippen LogP contribution in [0.5, 0.6) is 0 Å². The quantitative estimate of drug-likeness (QED) is 0.448. The molecule has 0 aliphatic heterocycles. The Morgan fingerprint density at radius 1 is 0.688 bits per heavy atom. The molecule has 168 valence electrons. The molecule has 3 aromatic carbocycles. The summed E-state index contributed by atoms with van der Waals surface area (Å²) >= 11 is 0. The maximum absolute atomic E-state index is 12.3. The van der Waals surface area contributed by atoms with Gasteiger partial charge in [-0.05, 0) is 16.7 Å². The Balaban J connectivity index is 1.50. The molecule has 0 spiro atoms. The van der Waals surface area contributed by atoms with Crippen molar-refractivity contribution in [2.45, 2.75) is 32.0 Å². The van der Waals surface area contributed by atoms with Crippen LogP contribution in [0.1, 0.15) is 16.7 Å². The first-order valence-electron chi connectivity index (χ1n) is 10.6. The molecule has 2 N–H and O–H groups in total. The van der Waals surface area contributed by atoms with E-state index < -0.39 is 18.2 Å². The van der Waals surface area contributed by atoms with E-state index in [4.69, 9.17) is 14.2 Å². The highest BCUT2D eigenvalue weighted by Crippen LogP contribution is 2.07.